The summed E-state index contributed by atoms with van der Waals surface area (Å²) in [7, 11) is 3.11. The lowest BCUT2D eigenvalue weighted by molar-refractivity contribution is -0.145. The predicted octanol–water partition coefficient (Wildman–Crippen LogP) is 2.40. The molecule has 1 unspecified atom stereocenters. The molecule has 0 N–H and O–H groups in total. The Bertz CT molecular complexity index is 747. The molecule has 2 heterocycles. The number of methoxy groups -OCH3 is 2. The second-order valence-corrected chi connectivity index (χ2v) is 8.49. The minimum absolute atomic E-state index is 0.0460. The molecule has 1 atom stereocenters. The van der Waals surface area contributed by atoms with Crippen molar-refractivity contribution in [1.82, 2.24) is 14.7 Å². The molecule has 0 radical (unpaired) electrons. The molecule has 0 bridgehead atoms. The zero-order valence-electron chi connectivity index (χ0n) is 18.1. The number of benzene rings is 1. The molecule has 1 aromatic rings. The molecule has 164 valence electrons. The molecule has 3 fully saturated rings. The molecule has 1 aliphatic carbocycles. The van der Waals surface area contributed by atoms with Gasteiger partial charge >= 0.3 is 0 Å². The summed E-state index contributed by atoms with van der Waals surface area (Å²) in [5, 5.41) is 0. The number of nitrogens with zero attached hydrogens (tertiary/aromatic N) is 3. The smallest absolute Gasteiger partial charge is 0.261 e. The van der Waals surface area contributed by atoms with Crippen molar-refractivity contribution in [2.45, 2.75) is 50.6 Å². The van der Waals surface area contributed by atoms with E-state index >= 15 is 0 Å². The van der Waals surface area contributed by atoms with Gasteiger partial charge in [0, 0.05) is 38.8 Å². The van der Waals surface area contributed by atoms with Gasteiger partial charge in [-0.25, -0.2) is 0 Å². The van der Waals surface area contributed by atoms with Gasteiger partial charge in [-0.15, -0.1) is 0 Å². The number of amides is 2. The van der Waals surface area contributed by atoms with Crippen LogP contribution < -0.4 is 9.47 Å². The Labute approximate surface area is 178 Å². The highest BCUT2D eigenvalue weighted by molar-refractivity contribution is 6.00. The zero-order chi connectivity index (χ0) is 21.1. The van der Waals surface area contributed by atoms with Gasteiger partial charge in [-0.3, -0.25) is 14.5 Å². The third-order valence-electron chi connectivity index (χ3n) is 6.91. The quantitative estimate of drug-likeness (QED) is 0.739. The van der Waals surface area contributed by atoms with Crippen molar-refractivity contribution in [3.05, 3.63) is 23.8 Å². The third-order valence-corrected chi connectivity index (χ3v) is 6.91. The lowest BCUT2D eigenvalue weighted by Crippen LogP contribution is -2.62. The van der Waals surface area contributed by atoms with Gasteiger partial charge in [-0.1, -0.05) is 25.3 Å². The molecule has 2 saturated heterocycles. The zero-order valence-corrected chi connectivity index (χ0v) is 18.1. The molecule has 2 amide bonds. The monoisotopic (exact) mass is 415 g/mol. The van der Waals surface area contributed by atoms with Crippen molar-refractivity contribution in [3.8, 4) is 11.5 Å². The molecule has 0 spiro atoms. The fourth-order valence-electron chi connectivity index (χ4n) is 5.08. The lowest BCUT2D eigenvalue weighted by atomic mass is 9.88. The summed E-state index contributed by atoms with van der Waals surface area (Å²) in [5.41, 5.74) is 0.449. The Hall–Kier alpha value is -2.28. The maximum absolute atomic E-state index is 13.1. The molecule has 7 nitrogen and oxygen atoms in total. The van der Waals surface area contributed by atoms with Gasteiger partial charge in [-0.2, -0.15) is 0 Å². The highest BCUT2D eigenvalue weighted by Crippen LogP contribution is 2.32. The highest BCUT2D eigenvalue weighted by Gasteiger charge is 2.41. The van der Waals surface area contributed by atoms with E-state index in [2.05, 4.69) is 4.90 Å². The number of rotatable bonds is 5. The summed E-state index contributed by atoms with van der Waals surface area (Å²) < 4.78 is 10.8. The number of hydrogen-bond acceptors (Lipinski definition) is 5. The van der Waals surface area contributed by atoms with E-state index in [-0.39, 0.29) is 17.9 Å². The fraction of sp³-hybridized carbons (Fsp3) is 0.652. The van der Waals surface area contributed by atoms with Crippen LogP contribution in [0.5, 0.6) is 11.5 Å². The number of ether oxygens (including phenoxy) is 2. The Morgan fingerprint density at radius 3 is 1.97 bits per heavy atom. The summed E-state index contributed by atoms with van der Waals surface area (Å²) >= 11 is 0. The number of likely N-dealkylation sites (tertiary alicyclic amines) is 1. The molecular formula is C23H33N3O4. The summed E-state index contributed by atoms with van der Waals surface area (Å²) in [6.07, 6.45) is 7.33. The molecule has 1 aromatic carbocycles. The minimum Gasteiger partial charge on any atom is -0.496 e. The van der Waals surface area contributed by atoms with Crippen LogP contribution >= 0.6 is 0 Å². The Morgan fingerprint density at radius 2 is 1.43 bits per heavy atom. The molecule has 2 aliphatic heterocycles. The van der Waals surface area contributed by atoms with Crippen LogP contribution in [0.25, 0.3) is 0 Å². The van der Waals surface area contributed by atoms with Crippen LogP contribution in [-0.4, -0.2) is 85.5 Å². The first-order chi connectivity index (χ1) is 14.6. The summed E-state index contributed by atoms with van der Waals surface area (Å²) in [5.74, 6) is 1.16. The first kappa shape index (κ1) is 21.0. The van der Waals surface area contributed by atoms with Gasteiger partial charge in [0.25, 0.3) is 5.91 Å². The average molecular weight is 416 g/mol. The molecule has 1 saturated carbocycles. The maximum atomic E-state index is 13.1. The predicted molar refractivity (Wildman–Crippen MR) is 114 cm³/mol. The van der Waals surface area contributed by atoms with Gasteiger partial charge in [-0.05, 0) is 31.4 Å². The number of carbonyl (C=O) groups excluding carboxylic acids is 2. The molecule has 7 heteroatoms. The standard InChI is InChI=1S/C23H33N3O4/c1-29-19-9-6-10-20(30-2)21(19)23(28)25-15-13-24(14-16-25)22(27)18-11-12-26(18)17-7-4-3-5-8-17/h6,9-10,17-18H,3-5,7-8,11-16H2,1-2H3. The van der Waals surface area contributed by atoms with Crippen LogP contribution in [0.1, 0.15) is 48.9 Å². The average Bonchev–Trinajstić information content (AvgIpc) is 2.78. The second-order valence-electron chi connectivity index (χ2n) is 8.49. The van der Waals surface area contributed by atoms with E-state index in [1.165, 1.54) is 32.1 Å². The van der Waals surface area contributed by atoms with E-state index in [9.17, 15) is 9.59 Å². The first-order valence-electron chi connectivity index (χ1n) is 11.2. The lowest BCUT2D eigenvalue weighted by Gasteiger charge is -2.48. The van der Waals surface area contributed by atoms with E-state index in [1.807, 2.05) is 11.0 Å². The molecular weight excluding hydrogens is 382 g/mol. The van der Waals surface area contributed by atoms with Gasteiger partial charge < -0.3 is 19.3 Å². The maximum Gasteiger partial charge on any atom is 0.261 e. The summed E-state index contributed by atoms with van der Waals surface area (Å²) in [6.45, 7) is 3.27. The van der Waals surface area contributed by atoms with Crippen molar-refractivity contribution in [3.63, 3.8) is 0 Å². The number of hydrogen-bond donors (Lipinski definition) is 0. The molecule has 3 aliphatic rings. The van der Waals surface area contributed by atoms with Crippen molar-refractivity contribution >= 4 is 11.8 Å². The van der Waals surface area contributed by atoms with Gasteiger partial charge in [0.1, 0.15) is 17.1 Å². The van der Waals surface area contributed by atoms with E-state index in [0.717, 1.165) is 13.0 Å². The summed E-state index contributed by atoms with van der Waals surface area (Å²) in [4.78, 5) is 32.4. The van der Waals surface area contributed by atoms with Crippen LogP contribution in [0.15, 0.2) is 18.2 Å². The second kappa shape index (κ2) is 9.25. The third kappa shape index (κ3) is 4.00. The van der Waals surface area contributed by atoms with E-state index < -0.39 is 0 Å². The van der Waals surface area contributed by atoms with E-state index in [1.54, 1.807) is 31.3 Å². The molecule has 4 rings (SSSR count). The fourth-order valence-corrected chi connectivity index (χ4v) is 5.08. The van der Waals surface area contributed by atoms with Crippen molar-refractivity contribution < 1.29 is 19.1 Å². The van der Waals surface area contributed by atoms with E-state index in [0.29, 0.717) is 49.3 Å². The number of carbonyl (C=O) groups is 2. The molecule has 30 heavy (non-hydrogen) atoms. The Morgan fingerprint density at radius 1 is 0.833 bits per heavy atom. The van der Waals surface area contributed by atoms with Crippen LogP contribution in [0.3, 0.4) is 0 Å². The Balaban J connectivity index is 1.36. The van der Waals surface area contributed by atoms with Crippen LogP contribution in [0, 0.1) is 0 Å². The van der Waals surface area contributed by atoms with Crippen LogP contribution in [0.2, 0.25) is 0 Å². The summed E-state index contributed by atoms with van der Waals surface area (Å²) in [6, 6.07) is 5.98. The molecule has 0 aromatic heterocycles. The Kier molecular flexibility index (Phi) is 6.46. The first-order valence-corrected chi connectivity index (χ1v) is 11.2. The highest BCUT2D eigenvalue weighted by atomic mass is 16.5. The SMILES string of the molecule is COc1cccc(OC)c1C(=O)N1CCN(C(=O)C2CCN2C2CCCCC2)CC1. The largest absolute Gasteiger partial charge is 0.496 e. The number of piperazine rings is 1. The van der Waals surface area contributed by atoms with Crippen molar-refractivity contribution in [2.24, 2.45) is 0 Å². The van der Waals surface area contributed by atoms with Crippen molar-refractivity contribution in [1.29, 1.82) is 0 Å². The van der Waals surface area contributed by atoms with Gasteiger partial charge in [0.2, 0.25) is 5.91 Å². The minimum atomic E-state index is -0.108. The van der Waals surface area contributed by atoms with Gasteiger partial charge in [0.15, 0.2) is 0 Å². The topological polar surface area (TPSA) is 62.3 Å². The van der Waals surface area contributed by atoms with Crippen molar-refractivity contribution in [2.75, 3.05) is 46.9 Å². The van der Waals surface area contributed by atoms with Crippen LogP contribution in [0.4, 0.5) is 0 Å². The van der Waals surface area contributed by atoms with Gasteiger partial charge in [0.05, 0.1) is 20.3 Å². The van der Waals surface area contributed by atoms with Crippen LogP contribution in [-0.2, 0) is 4.79 Å². The normalized spacial score (nSPS) is 23.1. The van der Waals surface area contributed by atoms with E-state index in [4.69, 9.17) is 9.47 Å².